The summed E-state index contributed by atoms with van der Waals surface area (Å²) in [6.45, 7) is 6.65. The van der Waals surface area contributed by atoms with Crippen molar-refractivity contribution in [1.29, 1.82) is 0 Å². The van der Waals surface area contributed by atoms with Gasteiger partial charge in [0, 0.05) is 73.6 Å². The number of carbonyl (C=O) groups excluding carboxylic acids is 2. The van der Waals surface area contributed by atoms with Crippen LogP contribution >= 0.6 is 15.9 Å². The Kier molecular flexibility index (Phi) is 8.60. The molecule has 1 saturated carbocycles. The summed E-state index contributed by atoms with van der Waals surface area (Å²) in [6.07, 6.45) is 9.64. The summed E-state index contributed by atoms with van der Waals surface area (Å²) < 4.78 is 41.4. The van der Waals surface area contributed by atoms with Gasteiger partial charge < -0.3 is 14.7 Å². The third kappa shape index (κ3) is 5.91. The smallest absolute Gasteiger partial charge is 0.281 e. The second-order valence-corrected chi connectivity index (χ2v) is 18.3. The Labute approximate surface area is 335 Å². The Balaban J connectivity index is 0.765. The van der Waals surface area contributed by atoms with E-state index in [4.69, 9.17) is 6.40 Å². The molecule has 5 aliphatic heterocycles. The highest BCUT2D eigenvalue weighted by molar-refractivity contribution is 9.10. The van der Waals surface area contributed by atoms with Crippen LogP contribution in [-0.4, -0.2) is 72.1 Å². The zero-order chi connectivity index (χ0) is 39.2. The molecule has 56 heavy (non-hydrogen) atoms. The van der Waals surface area contributed by atoms with E-state index in [-0.39, 0.29) is 40.1 Å². The number of nitrogens with one attached hydrogen (secondary N) is 1. The van der Waals surface area contributed by atoms with Crippen LogP contribution in [0.15, 0.2) is 57.8 Å². The normalized spacial score (nSPS) is 23.8. The van der Waals surface area contributed by atoms with Crippen LogP contribution in [0.4, 0.5) is 20.2 Å². The lowest BCUT2D eigenvalue weighted by Gasteiger charge is -2.55. The molecule has 2 amide bonds. The van der Waals surface area contributed by atoms with Gasteiger partial charge in [-0.2, -0.15) is 4.98 Å². The van der Waals surface area contributed by atoms with E-state index in [1.165, 1.54) is 35.5 Å². The fourth-order valence-corrected chi connectivity index (χ4v) is 11.7. The number of benzene rings is 3. The van der Waals surface area contributed by atoms with Gasteiger partial charge >= 0.3 is 0 Å². The highest BCUT2D eigenvalue weighted by Gasteiger charge is 2.48. The number of halogens is 3. The molecular weight excluding hydrogens is 778 g/mol. The second kappa shape index (κ2) is 13.7. The summed E-state index contributed by atoms with van der Waals surface area (Å²) >= 11 is 3.64. The van der Waals surface area contributed by atoms with E-state index in [0.717, 1.165) is 99.9 Å². The molecule has 6 heterocycles. The average molecular weight is 827 g/mol. The molecule has 2 spiro atoms. The number of fused-ring (bicyclic) bond motifs is 7. The molecule has 10 rings (SSSR count). The van der Waals surface area contributed by atoms with Crippen LogP contribution in [0, 0.1) is 23.0 Å². The summed E-state index contributed by atoms with van der Waals surface area (Å²) in [5.41, 5.74) is 4.64. The van der Waals surface area contributed by atoms with Gasteiger partial charge in [-0.1, -0.05) is 31.4 Å². The molecule has 4 saturated heterocycles. The van der Waals surface area contributed by atoms with Gasteiger partial charge in [0.1, 0.15) is 17.5 Å². The van der Waals surface area contributed by atoms with Crippen LogP contribution in [-0.2, 0) is 15.0 Å². The van der Waals surface area contributed by atoms with E-state index in [0.29, 0.717) is 30.1 Å². The van der Waals surface area contributed by atoms with Crippen molar-refractivity contribution < 1.29 is 19.8 Å². The number of aromatic nitrogens is 2. The maximum Gasteiger partial charge on any atom is 0.281 e. The molecule has 12 heteroatoms. The Morgan fingerprint density at radius 2 is 1.57 bits per heavy atom. The number of anilines is 2. The average Bonchev–Trinajstić information content (AvgIpc) is 3.45. The fraction of sp³-hybridized carbons (Fsp3) is 0.500. The SMILES string of the molecule is [2H]N1C(=O)CCC(c2c(F)cc(N3CCC4(CC3)CN(CC3CCN(c5ccc6c(c5)-n5c(nc(=O)c7c(Br)cccc75)C65CCCCC5)CC3)C4)cc2F)C1=O. The number of rotatable bonds is 5. The zero-order valence-corrected chi connectivity index (χ0v) is 33.1. The van der Waals surface area contributed by atoms with Crippen molar-refractivity contribution >= 4 is 50.0 Å². The van der Waals surface area contributed by atoms with Gasteiger partial charge in [0.05, 0.1) is 27.9 Å². The molecule has 1 atom stereocenters. The van der Waals surface area contributed by atoms with Crippen molar-refractivity contribution in [3.05, 3.63) is 91.9 Å². The molecule has 1 aromatic heterocycles. The minimum Gasteiger partial charge on any atom is -0.371 e. The Bertz CT molecular complexity index is 2340. The van der Waals surface area contributed by atoms with Crippen molar-refractivity contribution in [2.24, 2.45) is 11.3 Å². The van der Waals surface area contributed by atoms with Crippen molar-refractivity contribution in [2.75, 3.05) is 55.6 Å². The number of amides is 2. The molecule has 0 radical (unpaired) electrons. The number of imide groups is 1. The third-order valence-electron chi connectivity index (χ3n) is 14.1. The number of carbonyl (C=O) groups is 2. The first kappa shape index (κ1) is 35.0. The standard InChI is InChI=1S/C44H47BrF2N6O3/c45-32-5-4-6-35-39(32)41(56)49-42-44(13-2-1-3-14-44)31-9-7-28(23-36(31)53(35)42)51-17-11-27(12-18-51)24-50-25-43(26-50)15-19-52(20-16-43)29-21-33(46)38(34(47)22-29)30-8-10-37(54)48-40(30)55/h4-7,9,21-23,27,30H,1-3,8,10-20,24-26H2,(H,48,54,55)/i/hD. The Hall–Kier alpha value is -4.16. The third-order valence-corrected chi connectivity index (χ3v) is 14.8. The number of hydrogen-bond donors (Lipinski definition) is 1. The van der Waals surface area contributed by atoms with Gasteiger partial charge in [-0.25, -0.2) is 8.78 Å². The topological polar surface area (TPSA) is 90.8 Å². The van der Waals surface area contributed by atoms with Crippen molar-refractivity contribution in [2.45, 2.75) is 82.0 Å². The molecule has 5 fully saturated rings. The van der Waals surface area contributed by atoms with Crippen LogP contribution < -0.4 is 20.7 Å². The lowest BCUT2D eigenvalue weighted by Crippen LogP contribution is -2.61. The maximum absolute atomic E-state index is 15.3. The minimum atomic E-state index is -1.16. The summed E-state index contributed by atoms with van der Waals surface area (Å²) in [5.74, 6) is -2.73. The molecule has 6 aliphatic rings. The largest absolute Gasteiger partial charge is 0.371 e. The highest BCUT2D eigenvalue weighted by atomic mass is 79.9. The Morgan fingerprint density at radius 3 is 2.30 bits per heavy atom. The molecule has 0 bridgehead atoms. The van der Waals surface area contributed by atoms with Crippen molar-refractivity contribution in [3.8, 4) is 5.69 Å². The lowest BCUT2D eigenvalue weighted by molar-refractivity contribution is -0.134. The number of likely N-dealkylation sites (tertiary alicyclic amines) is 1. The van der Waals surface area contributed by atoms with Crippen molar-refractivity contribution in [3.63, 3.8) is 0 Å². The first-order valence-corrected chi connectivity index (χ1v) is 21.3. The van der Waals surface area contributed by atoms with E-state index in [9.17, 15) is 14.4 Å². The fourth-order valence-electron chi connectivity index (χ4n) is 11.2. The van der Waals surface area contributed by atoms with Crippen LogP contribution in [0.1, 0.15) is 93.5 Å². The highest BCUT2D eigenvalue weighted by Crippen LogP contribution is 2.52. The quantitative estimate of drug-likeness (QED) is 0.211. The lowest BCUT2D eigenvalue weighted by atomic mass is 9.70. The maximum atomic E-state index is 15.3. The molecule has 292 valence electrons. The second-order valence-electron chi connectivity index (χ2n) is 17.4. The molecular formula is C44H47BrF2N6O3. The first-order valence-electron chi connectivity index (χ1n) is 20.9. The molecule has 1 aliphatic carbocycles. The van der Waals surface area contributed by atoms with Gasteiger partial charge in [0.25, 0.3) is 5.56 Å². The van der Waals surface area contributed by atoms with E-state index in [1.54, 1.807) is 0 Å². The molecule has 3 aromatic carbocycles. The summed E-state index contributed by atoms with van der Waals surface area (Å²) in [6, 6.07) is 15.6. The van der Waals surface area contributed by atoms with Gasteiger partial charge in [-0.05, 0) is 114 Å². The predicted octanol–water partition coefficient (Wildman–Crippen LogP) is 7.33. The molecule has 1 N–H and O–H groups in total. The van der Waals surface area contributed by atoms with Gasteiger partial charge in [-0.3, -0.25) is 24.3 Å². The van der Waals surface area contributed by atoms with E-state index in [1.807, 2.05) is 17.0 Å². The van der Waals surface area contributed by atoms with Crippen molar-refractivity contribution in [1.82, 2.24) is 19.8 Å². The van der Waals surface area contributed by atoms with Crippen LogP contribution in [0.3, 0.4) is 0 Å². The Morgan fingerprint density at radius 1 is 0.857 bits per heavy atom. The number of piperidine rings is 3. The summed E-state index contributed by atoms with van der Waals surface area (Å²) in [5, 5.41) is 0.874. The van der Waals surface area contributed by atoms with Crippen LogP contribution in [0.5, 0.6) is 0 Å². The van der Waals surface area contributed by atoms with Crippen LogP contribution in [0.2, 0.25) is 1.41 Å². The molecule has 9 nitrogen and oxygen atoms in total. The minimum absolute atomic E-state index is 0.00606. The van der Waals surface area contributed by atoms with Gasteiger partial charge in [0.2, 0.25) is 11.8 Å². The van der Waals surface area contributed by atoms with E-state index in [2.05, 4.69) is 54.6 Å². The zero-order valence-electron chi connectivity index (χ0n) is 32.5. The predicted molar refractivity (Wildman–Crippen MR) is 216 cm³/mol. The van der Waals surface area contributed by atoms with Gasteiger partial charge in [0.15, 0.2) is 1.41 Å². The summed E-state index contributed by atoms with van der Waals surface area (Å²) in [4.78, 5) is 49.6. The first-order chi connectivity index (χ1) is 27.5. The van der Waals surface area contributed by atoms with E-state index >= 15 is 8.78 Å². The monoisotopic (exact) mass is 825 g/mol. The van der Waals surface area contributed by atoms with E-state index < -0.39 is 29.4 Å². The molecule has 1 unspecified atom stereocenters. The molecule has 4 aromatic rings. The summed E-state index contributed by atoms with van der Waals surface area (Å²) in [7, 11) is 0. The number of hydrogen-bond acceptors (Lipinski definition) is 7. The number of nitrogens with zero attached hydrogens (tertiary/aromatic N) is 5. The van der Waals surface area contributed by atoms with Crippen LogP contribution in [0.25, 0.3) is 16.6 Å². The van der Waals surface area contributed by atoms with Gasteiger partial charge in [-0.15, -0.1) is 0 Å².